The molecule has 0 saturated heterocycles. The Labute approximate surface area is 144 Å². The SMILES string of the molecule is C=C[Si](OC)(OC)OC.CCO[Si](CC(C)C)(OCC)OCC. The van der Waals surface area contributed by atoms with Crippen LogP contribution >= 0.6 is 0 Å². The fourth-order valence-corrected chi connectivity index (χ4v) is 5.88. The largest absolute Gasteiger partial charge is 0.528 e. The molecule has 0 aliphatic rings. The van der Waals surface area contributed by atoms with Crippen molar-refractivity contribution in [1.82, 2.24) is 0 Å². The summed E-state index contributed by atoms with van der Waals surface area (Å²) in [6.07, 6.45) is 0. The van der Waals surface area contributed by atoms with Gasteiger partial charge in [-0.1, -0.05) is 20.4 Å². The van der Waals surface area contributed by atoms with Crippen molar-refractivity contribution in [3.8, 4) is 0 Å². The Morgan fingerprint density at radius 2 is 1.17 bits per heavy atom. The highest BCUT2D eigenvalue weighted by molar-refractivity contribution is 6.66. The van der Waals surface area contributed by atoms with Gasteiger partial charge in [0, 0.05) is 47.2 Å². The molecule has 0 aromatic carbocycles. The van der Waals surface area contributed by atoms with Gasteiger partial charge in [-0.25, -0.2) is 0 Å². The smallest absolute Gasteiger partial charge is 0.374 e. The quantitative estimate of drug-likeness (QED) is 0.493. The van der Waals surface area contributed by atoms with Crippen LogP contribution in [0.25, 0.3) is 0 Å². The number of rotatable bonds is 12. The second kappa shape index (κ2) is 14.3. The minimum absolute atomic E-state index is 0.548. The van der Waals surface area contributed by atoms with Crippen LogP contribution in [-0.2, 0) is 26.6 Å². The van der Waals surface area contributed by atoms with Gasteiger partial charge >= 0.3 is 17.6 Å². The van der Waals surface area contributed by atoms with Gasteiger partial charge in [0.25, 0.3) is 0 Å². The van der Waals surface area contributed by atoms with Gasteiger partial charge in [-0.15, -0.1) is 0 Å². The fourth-order valence-electron chi connectivity index (χ4n) is 1.96. The molecule has 0 atom stereocenters. The van der Waals surface area contributed by atoms with Crippen molar-refractivity contribution in [2.24, 2.45) is 5.92 Å². The van der Waals surface area contributed by atoms with Gasteiger partial charge in [0.05, 0.1) is 0 Å². The van der Waals surface area contributed by atoms with E-state index in [-0.39, 0.29) is 0 Å². The van der Waals surface area contributed by atoms with E-state index in [0.717, 1.165) is 6.04 Å². The highest BCUT2D eigenvalue weighted by Crippen LogP contribution is 2.21. The second-order valence-corrected chi connectivity index (χ2v) is 10.5. The first-order valence-corrected chi connectivity index (χ1v) is 11.8. The molecular weight excluding hydrogens is 332 g/mol. The third-order valence-electron chi connectivity index (χ3n) is 2.85. The molecule has 0 aliphatic carbocycles. The maximum Gasteiger partial charge on any atom is 0.528 e. The lowest BCUT2D eigenvalue weighted by atomic mass is 10.3. The minimum atomic E-state index is -2.43. The van der Waals surface area contributed by atoms with Crippen molar-refractivity contribution in [3.05, 3.63) is 12.3 Å². The molecule has 8 heteroatoms. The van der Waals surface area contributed by atoms with E-state index in [1.165, 1.54) is 0 Å². The molecule has 0 spiro atoms. The van der Waals surface area contributed by atoms with Crippen LogP contribution in [0.5, 0.6) is 0 Å². The zero-order valence-corrected chi connectivity index (χ0v) is 18.1. The summed E-state index contributed by atoms with van der Waals surface area (Å²) in [4.78, 5) is 0. The van der Waals surface area contributed by atoms with Crippen LogP contribution in [0.15, 0.2) is 12.3 Å². The highest BCUT2D eigenvalue weighted by Gasteiger charge is 2.40. The maximum atomic E-state index is 5.72. The minimum Gasteiger partial charge on any atom is -0.374 e. The van der Waals surface area contributed by atoms with Gasteiger partial charge in [-0.3, -0.25) is 0 Å². The van der Waals surface area contributed by atoms with Crippen molar-refractivity contribution in [2.45, 2.75) is 40.7 Å². The van der Waals surface area contributed by atoms with E-state index >= 15 is 0 Å². The molecule has 0 radical (unpaired) electrons. The van der Waals surface area contributed by atoms with Gasteiger partial charge in [0.15, 0.2) is 0 Å². The Kier molecular flexibility index (Phi) is 15.6. The zero-order chi connectivity index (χ0) is 18.4. The van der Waals surface area contributed by atoms with Gasteiger partial charge in [-0.05, 0) is 32.4 Å². The van der Waals surface area contributed by atoms with Crippen molar-refractivity contribution < 1.29 is 26.6 Å². The van der Waals surface area contributed by atoms with Crippen LogP contribution in [-0.4, -0.2) is 58.8 Å². The third kappa shape index (κ3) is 10.4. The first kappa shape index (κ1) is 25.2. The molecule has 23 heavy (non-hydrogen) atoms. The van der Waals surface area contributed by atoms with E-state index in [9.17, 15) is 0 Å². The molecule has 0 amide bonds. The fraction of sp³-hybridized carbons (Fsp3) is 0.867. The molecule has 0 bridgehead atoms. The zero-order valence-electron chi connectivity index (χ0n) is 16.1. The molecule has 0 N–H and O–H groups in total. The summed E-state index contributed by atoms with van der Waals surface area (Å²) in [6.45, 7) is 15.8. The molecular formula is C15H36O6Si2. The number of hydrogen-bond acceptors (Lipinski definition) is 6. The van der Waals surface area contributed by atoms with Crippen molar-refractivity contribution in [3.63, 3.8) is 0 Å². The predicted molar refractivity (Wildman–Crippen MR) is 97.3 cm³/mol. The Balaban J connectivity index is 0. The van der Waals surface area contributed by atoms with Crippen molar-refractivity contribution in [1.29, 1.82) is 0 Å². The maximum absolute atomic E-state index is 5.72. The van der Waals surface area contributed by atoms with E-state index in [0.29, 0.717) is 25.7 Å². The summed E-state index contributed by atoms with van der Waals surface area (Å²) in [7, 11) is -0.158. The molecule has 0 rings (SSSR count). The van der Waals surface area contributed by atoms with Crippen LogP contribution in [0.3, 0.4) is 0 Å². The molecule has 0 aliphatic heterocycles. The normalized spacial score (nSPS) is 12.0. The molecule has 0 saturated carbocycles. The summed E-state index contributed by atoms with van der Waals surface area (Å²) in [5.41, 5.74) is 1.58. The average molecular weight is 369 g/mol. The summed E-state index contributed by atoms with van der Waals surface area (Å²) in [5, 5.41) is 0. The third-order valence-corrected chi connectivity index (χ3v) is 8.56. The van der Waals surface area contributed by atoms with Gasteiger partial charge < -0.3 is 26.6 Å². The van der Waals surface area contributed by atoms with Crippen LogP contribution in [0, 0.1) is 5.92 Å². The Hall–Kier alpha value is -0.0662. The number of hydrogen-bond donors (Lipinski definition) is 0. The predicted octanol–water partition coefficient (Wildman–Crippen LogP) is 3.28. The van der Waals surface area contributed by atoms with E-state index in [2.05, 4.69) is 20.4 Å². The van der Waals surface area contributed by atoms with Crippen LogP contribution < -0.4 is 0 Å². The van der Waals surface area contributed by atoms with E-state index < -0.39 is 17.6 Å². The summed E-state index contributed by atoms with van der Waals surface area (Å²) >= 11 is 0. The lowest BCUT2D eigenvalue weighted by Gasteiger charge is -2.29. The van der Waals surface area contributed by atoms with Crippen molar-refractivity contribution in [2.75, 3.05) is 41.2 Å². The lowest BCUT2D eigenvalue weighted by Crippen LogP contribution is -2.46. The summed E-state index contributed by atoms with van der Waals surface area (Å²) in [5.74, 6) is 0.548. The molecule has 0 aromatic rings. The standard InChI is InChI=1S/C10H24O3Si.C5H12O3Si/c1-6-11-14(12-7-2,13-8-3)9-10(4)5;1-5-9(6-2,7-3)8-4/h10H,6-9H2,1-5H3;5H,1H2,2-4H3. The molecule has 0 fully saturated rings. The summed E-state index contributed by atoms with van der Waals surface area (Å²) < 4.78 is 32.0. The second-order valence-electron chi connectivity index (χ2n) is 5.00. The van der Waals surface area contributed by atoms with E-state index in [1.54, 1.807) is 27.0 Å². The molecule has 0 aromatic heterocycles. The Morgan fingerprint density at radius 3 is 1.30 bits per heavy atom. The van der Waals surface area contributed by atoms with Crippen LogP contribution in [0.4, 0.5) is 0 Å². The highest BCUT2D eigenvalue weighted by atomic mass is 28.4. The molecule has 140 valence electrons. The lowest BCUT2D eigenvalue weighted by molar-refractivity contribution is 0.0683. The van der Waals surface area contributed by atoms with Gasteiger partial charge in [0.2, 0.25) is 0 Å². The topological polar surface area (TPSA) is 55.4 Å². The first-order valence-electron chi connectivity index (χ1n) is 8.05. The molecule has 0 heterocycles. The van der Waals surface area contributed by atoms with Crippen molar-refractivity contribution >= 4 is 17.6 Å². The Bertz CT molecular complexity index is 260. The van der Waals surface area contributed by atoms with Crippen LogP contribution in [0.1, 0.15) is 34.6 Å². The van der Waals surface area contributed by atoms with Gasteiger partial charge in [0.1, 0.15) is 0 Å². The van der Waals surface area contributed by atoms with E-state index in [4.69, 9.17) is 26.6 Å². The average Bonchev–Trinajstić information content (AvgIpc) is 2.51. The van der Waals surface area contributed by atoms with Crippen LogP contribution in [0.2, 0.25) is 6.04 Å². The monoisotopic (exact) mass is 368 g/mol. The van der Waals surface area contributed by atoms with Gasteiger partial charge in [-0.2, -0.15) is 0 Å². The van der Waals surface area contributed by atoms with E-state index in [1.807, 2.05) is 20.8 Å². The molecule has 6 nitrogen and oxygen atoms in total. The summed E-state index contributed by atoms with van der Waals surface area (Å²) in [6, 6.07) is 0.905. The Morgan fingerprint density at radius 1 is 0.826 bits per heavy atom. The first-order chi connectivity index (χ1) is 10.8. The molecule has 0 unspecified atom stereocenters.